The van der Waals surface area contributed by atoms with E-state index in [4.69, 9.17) is 16.7 Å². The summed E-state index contributed by atoms with van der Waals surface area (Å²) in [6, 6.07) is 20.2. The fraction of sp³-hybridized carbons (Fsp3) is 0.400. The summed E-state index contributed by atoms with van der Waals surface area (Å²) in [6.45, 7) is 6.56. The molecule has 1 saturated carbocycles. The van der Waals surface area contributed by atoms with Gasteiger partial charge in [0.05, 0.1) is 11.7 Å². The summed E-state index contributed by atoms with van der Waals surface area (Å²) in [5.41, 5.74) is 4.85. The fourth-order valence-corrected chi connectivity index (χ4v) is 5.05. The molecule has 0 radical (unpaired) electrons. The zero-order valence-corrected chi connectivity index (χ0v) is 18.3. The molecule has 1 saturated heterocycles. The van der Waals surface area contributed by atoms with Crippen LogP contribution in [0.5, 0.6) is 0 Å². The summed E-state index contributed by atoms with van der Waals surface area (Å²) in [6.07, 6.45) is 5.86. The Kier molecular flexibility index (Phi) is 5.53. The van der Waals surface area contributed by atoms with Gasteiger partial charge >= 0.3 is 0 Å². The Hall–Kier alpha value is -2.30. The van der Waals surface area contributed by atoms with Crippen molar-refractivity contribution in [3.63, 3.8) is 0 Å². The van der Waals surface area contributed by atoms with Crippen molar-refractivity contribution < 1.29 is 0 Å². The smallest absolute Gasteiger partial charge is 0.0923 e. The Balaban J connectivity index is 1.18. The summed E-state index contributed by atoms with van der Waals surface area (Å²) in [5.74, 6) is 0. The first-order valence-electron chi connectivity index (χ1n) is 11.0. The summed E-state index contributed by atoms with van der Waals surface area (Å²) < 4.78 is 2.21. The second-order valence-corrected chi connectivity index (χ2v) is 9.10. The number of nitrogens with zero attached hydrogens (tertiary/aromatic N) is 4. The number of piperazine rings is 1. The largest absolute Gasteiger partial charge is 0.369 e. The van der Waals surface area contributed by atoms with Crippen LogP contribution in [0.15, 0.2) is 60.8 Å². The van der Waals surface area contributed by atoms with Crippen molar-refractivity contribution >= 4 is 17.3 Å². The van der Waals surface area contributed by atoms with E-state index in [1.807, 2.05) is 12.1 Å². The van der Waals surface area contributed by atoms with Gasteiger partial charge in [0.2, 0.25) is 0 Å². The second kappa shape index (κ2) is 8.44. The fourth-order valence-electron chi connectivity index (χ4n) is 4.92. The Bertz CT molecular complexity index is 971. The molecule has 2 fully saturated rings. The normalized spacial score (nSPS) is 22.5. The Morgan fingerprint density at radius 3 is 2.27 bits per heavy atom. The predicted octanol–water partition coefficient (Wildman–Crippen LogP) is 5.43. The minimum absolute atomic E-state index is 0.517. The highest BCUT2D eigenvalue weighted by atomic mass is 35.5. The molecule has 1 aliphatic heterocycles. The van der Waals surface area contributed by atoms with Crippen molar-refractivity contribution in [3.8, 4) is 11.3 Å². The average Bonchev–Trinajstić information content (AvgIpc) is 3.45. The number of anilines is 1. The molecule has 5 heteroatoms. The molecule has 2 atom stereocenters. The number of aromatic nitrogens is 2. The van der Waals surface area contributed by atoms with E-state index in [2.05, 4.69) is 70.1 Å². The highest BCUT2D eigenvalue weighted by Crippen LogP contribution is 2.34. The van der Waals surface area contributed by atoms with Crippen LogP contribution < -0.4 is 4.90 Å². The van der Waals surface area contributed by atoms with Crippen molar-refractivity contribution in [2.24, 2.45) is 0 Å². The van der Waals surface area contributed by atoms with Gasteiger partial charge in [-0.25, -0.2) is 0 Å². The van der Waals surface area contributed by atoms with Crippen LogP contribution in [0.2, 0.25) is 5.02 Å². The quantitative estimate of drug-likeness (QED) is 0.562. The van der Waals surface area contributed by atoms with Gasteiger partial charge in [0.15, 0.2) is 0 Å². The molecule has 2 heterocycles. The van der Waals surface area contributed by atoms with Gasteiger partial charge < -0.3 is 4.90 Å². The lowest BCUT2D eigenvalue weighted by atomic mass is 10.1. The Labute approximate surface area is 184 Å². The molecule has 30 heavy (non-hydrogen) atoms. The van der Waals surface area contributed by atoms with E-state index in [9.17, 15) is 0 Å². The third-order valence-corrected chi connectivity index (χ3v) is 6.98. The standard InChI is InChI=1S/C25H29ClN4/c1-19-2-4-20(5-3-19)25-12-13-30(27-25)24-11-10-23(18-24)29-16-14-28(15-17-29)22-8-6-21(26)7-9-22/h2-9,12-13,23-24H,10-11,14-18H2,1H3/t23-,24+/m0/s1. The summed E-state index contributed by atoms with van der Waals surface area (Å²) >= 11 is 6.03. The lowest BCUT2D eigenvalue weighted by Gasteiger charge is -2.39. The van der Waals surface area contributed by atoms with Crippen LogP contribution in [-0.2, 0) is 0 Å². The van der Waals surface area contributed by atoms with Crippen LogP contribution in [0.3, 0.4) is 0 Å². The van der Waals surface area contributed by atoms with E-state index in [0.717, 1.165) is 36.9 Å². The first kappa shape index (κ1) is 19.7. The van der Waals surface area contributed by atoms with E-state index in [0.29, 0.717) is 12.1 Å². The summed E-state index contributed by atoms with van der Waals surface area (Å²) in [4.78, 5) is 5.16. The topological polar surface area (TPSA) is 24.3 Å². The molecule has 0 N–H and O–H groups in total. The SMILES string of the molecule is Cc1ccc(-c2ccn([C@@H]3CC[C@H](N4CCN(c5ccc(Cl)cc5)CC4)C3)n2)cc1. The molecule has 0 bridgehead atoms. The molecule has 156 valence electrons. The molecular weight excluding hydrogens is 392 g/mol. The van der Waals surface area contributed by atoms with Crippen molar-refractivity contribution in [2.75, 3.05) is 31.1 Å². The van der Waals surface area contributed by atoms with Gasteiger partial charge in [-0.3, -0.25) is 9.58 Å². The molecule has 4 nitrogen and oxygen atoms in total. The van der Waals surface area contributed by atoms with Crippen LogP contribution >= 0.6 is 11.6 Å². The molecule has 3 aromatic rings. The van der Waals surface area contributed by atoms with Gasteiger partial charge in [-0.15, -0.1) is 0 Å². The van der Waals surface area contributed by atoms with E-state index in [1.165, 1.54) is 36.1 Å². The lowest BCUT2D eigenvalue weighted by molar-refractivity contribution is 0.183. The maximum absolute atomic E-state index is 6.03. The zero-order chi connectivity index (χ0) is 20.5. The zero-order valence-electron chi connectivity index (χ0n) is 17.5. The van der Waals surface area contributed by atoms with Crippen LogP contribution in [0, 0.1) is 6.92 Å². The molecule has 2 aliphatic rings. The van der Waals surface area contributed by atoms with Crippen LogP contribution in [-0.4, -0.2) is 46.9 Å². The van der Waals surface area contributed by atoms with Crippen LogP contribution in [0.25, 0.3) is 11.3 Å². The third kappa shape index (κ3) is 4.12. The van der Waals surface area contributed by atoms with Crippen molar-refractivity contribution in [1.29, 1.82) is 0 Å². The lowest BCUT2D eigenvalue weighted by Crippen LogP contribution is -2.49. The number of hydrogen-bond donors (Lipinski definition) is 0. The first-order chi connectivity index (χ1) is 14.7. The number of hydrogen-bond acceptors (Lipinski definition) is 3. The minimum Gasteiger partial charge on any atom is -0.369 e. The van der Waals surface area contributed by atoms with Crippen LogP contribution in [0.4, 0.5) is 5.69 Å². The molecule has 0 spiro atoms. The maximum Gasteiger partial charge on any atom is 0.0923 e. The molecule has 1 aliphatic carbocycles. The molecule has 2 aromatic carbocycles. The van der Waals surface area contributed by atoms with E-state index >= 15 is 0 Å². The van der Waals surface area contributed by atoms with Gasteiger partial charge in [0.1, 0.15) is 0 Å². The molecule has 0 unspecified atom stereocenters. The third-order valence-electron chi connectivity index (χ3n) is 6.73. The van der Waals surface area contributed by atoms with Gasteiger partial charge in [-0.1, -0.05) is 41.4 Å². The van der Waals surface area contributed by atoms with Gasteiger partial charge in [0.25, 0.3) is 0 Å². The molecule has 1 aromatic heterocycles. The average molecular weight is 421 g/mol. The minimum atomic E-state index is 0.517. The predicted molar refractivity (Wildman–Crippen MR) is 124 cm³/mol. The summed E-state index contributed by atoms with van der Waals surface area (Å²) in [5, 5.41) is 5.71. The van der Waals surface area contributed by atoms with Crippen molar-refractivity contribution in [2.45, 2.75) is 38.3 Å². The van der Waals surface area contributed by atoms with Crippen LogP contribution in [0.1, 0.15) is 30.9 Å². The van der Waals surface area contributed by atoms with Gasteiger partial charge in [-0.05, 0) is 56.5 Å². The summed E-state index contributed by atoms with van der Waals surface area (Å²) in [7, 11) is 0. The van der Waals surface area contributed by atoms with Crippen molar-refractivity contribution in [3.05, 3.63) is 71.4 Å². The van der Waals surface area contributed by atoms with E-state index < -0.39 is 0 Å². The number of halogens is 1. The first-order valence-corrected chi connectivity index (χ1v) is 11.4. The molecule has 0 amide bonds. The van der Waals surface area contributed by atoms with E-state index in [1.54, 1.807) is 0 Å². The molecular formula is C25H29ClN4. The van der Waals surface area contributed by atoms with Gasteiger partial charge in [-0.2, -0.15) is 5.10 Å². The van der Waals surface area contributed by atoms with Gasteiger partial charge in [0, 0.05) is 54.7 Å². The maximum atomic E-state index is 6.03. The highest BCUT2D eigenvalue weighted by molar-refractivity contribution is 6.30. The molecule has 5 rings (SSSR count). The van der Waals surface area contributed by atoms with E-state index in [-0.39, 0.29) is 0 Å². The van der Waals surface area contributed by atoms with Crippen molar-refractivity contribution in [1.82, 2.24) is 14.7 Å². The number of benzene rings is 2. The number of rotatable bonds is 4. The highest BCUT2D eigenvalue weighted by Gasteiger charge is 2.32. The second-order valence-electron chi connectivity index (χ2n) is 8.67. The Morgan fingerprint density at radius 1 is 0.833 bits per heavy atom. The monoisotopic (exact) mass is 420 g/mol. The Morgan fingerprint density at radius 2 is 1.53 bits per heavy atom. The number of aryl methyl sites for hydroxylation is 1.